The number of amides is 1. The second-order valence-electron chi connectivity index (χ2n) is 8.00. The second-order valence-corrected chi connectivity index (χ2v) is 9.64. The van der Waals surface area contributed by atoms with Crippen molar-refractivity contribution in [3.63, 3.8) is 0 Å². The Balaban J connectivity index is 2.42. The molecular formula is C16H31NO5S. The van der Waals surface area contributed by atoms with E-state index in [1.165, 1.54) is 0 Å². The molecule has 1 fully saturated rings. The van der Waals surface area contributed by atoms with E-state index in [9.17, 15) is 13.2 Å². The summed E-state index contributed by atoms with van der Waals surface area (Å²) in [5.41, 5.74) is -0.704. The second kappa shape index (κ2) is 7.38. The number of carbonyl (C=O) groups is 1. The summed E-state index contributed by atoms with van der Waals surface area (Å²) in [6, 6.07) is 0. The molecule has 23 heavy (non-hydrogen) atoms. The van der Waals surface area contributed by atoms with Crippen LogP contribution in [-0.2, 0) is 19.0 Å². The smallest absolute Gasteiger partial charge is 0.410 e. The van der Waals surface area contributed by atoms with Gasteiger partial charge in [0.25, 0.3) is 10.1 Å². The molecule has 0 aromatic rings. The summed E-state index contributed by atoms with van der Waals surface area (Å²) in [5, 5.41) is 0. The van der Waals surface area contributed by atoms with Gasteiger partial charge in [0.15, 0.2) is 0 Å². The summed E-state index contributed by atoms with van der Waals surface area (Å²) >= 11 is 0. The predicted molar refractivity (Wildman–Crippen MR) is 89.8 cm³/mol. The third-order valence-electron chi connectivity index (χ3n) is 3.88. The molecule has 0 aromatic carbocycles. The highest BCUT2D eigenvalue weighted by Crippen LogP contribution is 2.36. The molecule has 1 atom stereocenters. The molecule has 1 heterocycles. The van der Waals surface area contributed by atoms with Crippen molar-refractivity contribution in [1.82, 2.24) is 4.90 Å². The molecule has 1 aliphatic rings. The van der Waals surface area contributed by atoms with Crippen LogP contribution >= 0.6 is 0 Å². The minimum absolute atomic E-state index is 0.212. The lowest BCUT2D eigenvalue weighted by Gasteiger charge is -2.33. The molecule has 0 aromatic heterocycles. The van der Waals surface area contributed by atoms with Crippen LogP contribution in [0.4, 0.5) is 4.79 Å². The van der Waals surface area contributed by atoms with Crippen molar-refractivity contribution >= 4 is 16.2 Å². The Bertz CT molecular complexity index is 507. The molecule has 0 N–H and O–H groups in total. The van der Waals surface area contributed by atoms with E-state index in [2.05, 4.69) is 13.8 Å². The molecular weight excluding hydrogens is 318 g/mol. The van der Waals surface area contributed by atoms with Gasteiger partial charge >= 0.3 is 6.09 Å². The van der Waals surface area contributed by atoms with E-state index in [1.807, 2.05) is 25.7 Å². The number of unbranched alkanes of at least 4 members (excludes halogenated alkanes) is 1. The molecule has 0 spiro atoms. The van der Waals surface area contributed by atoms with Crippen molar-refractivity contribution < 1.29 is 22.1 Å². The Labute approximate surface area is 140 Å². The number of ether oxygens (including phenoxy) is 1. The Morgan fingerprint density at radius 1 is 1.26 bits per heavy atom. The Morgan fingerprint density at radius 3 is 2.39 bits per heavy atom. The molecule has 0 bridgehead atoms. The fraction of sp³-hybridized carbons (Fsp3) is 0.938. The number of carbonyl (C=O) groups excluding carboxylic acids is 1. The zero-order valence-electron chi connectivity index (χ0n) is 15.2. The molecule has 1 saturated heterocycles. The summed E-state index contributed by atoms with van der Waals surface area (Å²) in [5.74, 6) is 0.413. The van der Waals surface area contributed by atoms with Crippen LogP contribution in [0.15, 0.2) is 0 Å². The van der Waals surface area contributed by atoms with Crippen molar-refractivity contribution in [2.45, 2.75) is 71.4 Å². The number of hydrogen-bond donors (Lipinski definition) is 0. The minimum Gasteiger partial charge on any atom is -0.444 e. The fourth-order valence-electron chi connectivity index (χ4n) is 2.96. The molecule has 1 amide bonds. The summed E-state index contributed by atoms with van der Waals surface area (Å²) in [7, 11) is -3.35. The van der Waals surface area contributed by atoms with Crippen molar-refractivity contribution in [3.05, 3.63) is 0 Å². The Hall–Kier alpha value is -0.820. The van der Waals surface area contributed by atoms with Crippen LogP contribution in [0.1, 0.15) is 60.3 Å². The zero-order valence-corrected chi connectivity index (χ0v) is 16.0. The highest BCUT2D eigenvalue weighted by molar-refractivity contribution is 7.85. The maximum absolute atomic E-state index is 12.3. The lowest BCUT2D eigenvalue weighted by atomic mass is 9.93. The monoisotopic (exact) mass is 349 g/mol. The van der Waals surface area contributed by atoms with E-state index >= 15 is 0 Å². The largest absolute Gasteiger partial charge is 0.444 e. The van der Waals surface area contributed by atoms with Crippen molar-refractivity contribution in [2.24, 2.45) is 5.92 Å². The molecule has 1 aliphatic heterocycles. The Morgan fingerprint density at radius 2 is 1.87 bits per heavy atom. The van der Waals surface area contributed by atoms with Gasteiger partial charge in [-0.15, -0.1) is 0 Å². The lowest BCUT2D eigenvalue weighted by molar-refractivity contribution is 0.0130. The maximum Gasteiger partial charge on any atom is 0.410 e. The van der Waals surface area contributed by atoms with Crippen LogP contribution in [0.2, 0.25) is 0 Å². The molecule has 0 saturated carbocycles. The highest BCUT2D eigenvalue weighted by Gasteiger charge is 2.42. The van der Waals surface area contributed by atoms with Crippen molar-refractivity contribution in [2.75, 3.05) is 19.4 Å². The maximum atomic E-state index is 12.3. The predicted octanol–water partition coefficient (Wildman–Crippen LogP) is 3.17. The van der Waals surface area contributed by atoms with Crippen LogP contribution in [0.5, 0.6) is 0 Å². The molecule has 7 heteroatoms. The van der Waals surface area contributed by atoms with Crippen LogP contribution in [-0.4, -0.2) is 50.0 Å². The van der Waals surface area contributed by atoms with Gasteiger partial charge in [-0.25, -0.2) is 4.79 Å². The highest BCUT2D eigenvalue weighted by atomic mass is 32.2. The van der Waals surface area contributed by atoms with Crippen molar-refractivity contribution in [3.8, 4) is 0 Å². The third-order valence-corrected chi connectivity index (χ3v) is 4.47. The number of nitrogens with zero attached hydrogens (tertiary/aromatic N) is 1. The van der Waals surface area contributed by atoms with Crippen LogP contribution < -0.4 is 0 Å². The summed E-state index contributed by atoms with van der Waals surface area (Å²) in [6.07, 6.45) is 4.28. The molecule has 6 nitrogen and oxygen atoms in total. The van der Waals surface area contributed by atoms with Gasteiger partial charge in [-0.05, 0) is 59.8 Å². The molecule has 136 valence electrons. The molecule has 1 rings (SSSR count). The first-order valence-electron chi connectivity index (χ1n) is 8.15. The van der Waals surface area contributed by atoms with Gasteiger partial charge in [0.2, 0.25) is 0 Å². The van der Waals surface area contributed by atoms with Crippen LogP contribution in [0.25, 0.3) is 0 Å². The Kier molecular flexibility index (Phi) is 6.49. The minimum atomic E-state index is -3.35. The first kappa shape index (κ1) is 20.2. The van der Waals surface area contributed by atoms with Gasteiger partial charge in [-0.3, -0.25) is 4.18 Å². The van der Waals surface area contributed by atoms with E-state index in [0.717, 1.165) is 25.5 Å². The summed E-state index contributed by atoms with van der Waals surface area (Å²) < 4.78 is 32.0. The average Bonchev–Trinajstić information content (AvgIpc) is 2.60. The van der Waals surface area contributed by atoms with Gasteiger partial charge < -0.3 is 9.64 Å². The van der Waals surface area contributed by atoms with Gasteiger partial charge in [0, 0.05) is 12.1 Å². The van der Waals surface area contributed by atoms with Crippen molar-refractivity contribution in [1.29, 1.82) is 0 Å². The first-order chi connectivity index (χ1) is 10.3. The summed E-state index contributed by atoms with van der Waals surface area (Å²) in [4.78, 5) is 14.1. The van der Waals surface area contributed by atoms with E-state index in [0.29, 0.717) is 18.9 Å². The number of hydrogen-bond acceptors (Lipinski definition) is 5. The van der Waals surface area contributed by atoms with Crippen LogP contribution in [0.3, 0.4) is 0 Å². The number of rotatable bonds is 6. The van der Waals surface area contributed by atoms with E-state index in [1.54, 1.807) is 0 Å². The SMILES string of the molecule is CC(C)(C)OC(=O)N1C[C@@H](CCCCOS(C)(=O)=O)CC1(C)C. The van der Waals surface area contributed by atoms with Gasteiger partial charge in [0.1, 0.15) is 5.60 Å². The third kappa shape index (κ3) is 7.52. The standard InChI is InChI=1S/C16H31NO5S/c1-15(2,3)22-14(18)17-12-13(11-16(17,4)5)9-7-8-10-21-23(6,19)20/h13H,7-12H2,1-6H3/t13-/m0/s1. The van der Waals surface area contributed by atoms with Gasteiger partial charge in [-0.2, -0.15) is 8.42 Å². The lowest BCUT2D eigenvalue weighted by Crippen LogP contribution is -2.45. The number of likely N-dealkylation sites (tertiary alicyclic amines) is 1. The molecule has 0 radical (unpaired) electrons. The quantitative estimate of drug-likeness (QED) is 0.544. The molecule has 0 aliphatic carbocycles. The average molecular weight is 349 g/mol. The first-order valence-corrected chi connectivity index (χ1v) is 9.97. The zero-order chi connectivity index (χ0) is 17.9. The topological polar surface area (TPSA) is 72.9 Å². The van der Waals surface area contributed by atoms with E-state index < -0.39 is 15.7 Å². The normalized spacial score (nSPS) is 21.5. The van der Waals surface area contributed by atoms with Gasteiger partial charge in [0.05, 0.1) is 12.9 Å². The van der Waals surface area contributed by atoms with E-state index in [-0.39, 0.29) is 18.2 Å². The van der Waals surface area contributed by atoms with Crippen LogP contribution in [0, 0.1) is 5.92 Å². The molecule has 0 unspecified atom stereocenters. The van der Waals surface area contributed by atoms with Gasteiger partial charge in [-0.1, -0.05) is 6.42 Å². The fourth-order valence-corrected chi connectivity index (χ4v) is 3.38. The summed E-state index contributed by atoms with van der Waals surface area (Å²) in [6.45, 7) is 10.6. The van der Waals surface area contributed by atoms with E-state index in [4.69, 9.17) is 8.92 Å².